The first-order valence-electron chi connectivity index (χ1n) is 6.61. The van der Waals surface area contributed by atoms with E-state index in [1.165, 1.54) is 12.0 Å². The van der Waals surface area contributed by atoms with Crippen molar-refractivity contribution >= 4 is 0 Å². The zero-order valence-electron chi connectivity index (χ0n) is 10.8. The van der Waals surface area contributed by atoms with E-state index in [1.807, 2.05) is 6.07 Å². The molecule has 0 bridgehead atoms. The SMILES string of the molecule is CC(c1ccc2c(c1)OCO2)N1CCC(CN)C1. The lowest BCUT2D eigenvalue weighted by atomic mass is 10.1. The Kier molecular flexibility index (Phi) is 3.14. The standard InChI is InChI=1S/C14H20N2O2/c1-10(16-5-4-11(7-15)8-16)12-2-3-13-14(6-12)18-9-17-13/h2-3,6,10-11H,4-5,7-9,15H2,1H3. The zero-order chi connectivity index (χ0) is 12.5. The first-order chi connectivity index (χ1) is 8.78. The monoisotopic (exact) mass is 248 g/mol. The molecule has 2 unspecified atom stereocenters. The second-order valence-electron chi connectivity index (χ2n) is 5.17. The normalized spacial score (nSPS) is 24.4. The summed E-state index contributed by atoms with van der Waals surface area (Å²) in [4.78, 5) is 2.50. The number of hydrogen-bond acceptors (Lipinski definition) is 4. The van der Waals surface area contributed by atoms with E-state index in [4.69, 9.17) is 15.2 Å². The summed E-state index contributed by atoms with van der Waals surface area (Å²) in [5, 5.41) is 0. The lowest BCUT2D eigenvalue weighted by molar-refractivity contribution is 0.174. The smallest absolute Gasteiger partial charge is 0.231 e. The molecule has 1 aromatic rings. The van der Waals surface area contributed by atoms with Crippen LogP contribution in [-0.4, -0.2) is 31.3 Å². The van der Waals surface area contributed by atoms with Crippen LogP contribution in [0.15, 0.2) is 18.2 Å². The second kappa shape index (κ2) is 4.78. The molecule has 1 saturated heterocycles. The Bertz CT molecular complexity index is 436. The Morgan fingerprint density at radius 1 is 1.39 bits per heavy atom. The molecule has 4 heteroatoms. The lowest BCUT2D eigenvalue weighted by Crippen LogP contribution is -2.26. The van der Waals surface area contributed by atoms with Gasteiger partial charge in [0.05, 0.1) is 0 Å². The number of likely N-dealkylation sites (tertiary alicyclic amines) is 1. The van der Waals surface area contributed by atoms with Gasteiger partial charge in [-0.25, -0.2) is 0 Å². The van der Waals surface area contributed by atoms with E-state index in [0.717, 1.165) is 31.1 Å². The van der Waals surface area contributed by atoms with Crippen LogP contribution in [0.4, 0.5) is 0 Å². The van der Waals surface area contributed by atoms with Gasteiger partial charge in [-0.15, -0.1) is 0 Å². The van der Waals surface area contributed by atoms with E-state index < -0.39 is 0 Å². The number of nitrogens with zero attached hydrogens (tertiary/aromatic N) is 1. The number of rotatable bonds is 3. The van der Waals surface area contributed by atoms with Crippen molar-refractivity contribution < 1.29 is 9.47 Å². The maximum atomic E-state index is 5.75. The molecule has 18 heavy (non-hydrogen) atoms. The summed E-state index contributed by atoms with van der Waals surface area (Å²) in [7, 11) is 0. The van der Waals surface area contributed by atoms with Crippen LogP contribution in [0.5, 0.6) is 11.5 Å². The van der Waals surface area contributed by atoms with E-state index in [1.54, 1.807) is 0 Å². The number of hydrogen-bond donors (Lipinski definition) is 1. The highest BCUT2D eigenvalue weighted by Crippen LogP contribution is 2.36. The van der Waals surface area contributed by atoms with Crippen LogP contribution in [0.25, 0.3) is 0 Å². The summed E-state index contributed by atoms with van der Waals surface area (Å²) < 4.78 is 10.8. The van der Waals surface area contributed by atoms with Crippen LogP contribution in [-0.2, 0) is 0 Å². The fraction of sp³-hybridized carbons (Fsp3) is 0.571. The third kappa shape index (κ3) is 2.06. The molecule has 0 spiro atoms. The van der Waals surface area contributed by atoms with Gasteiger partial charge in [-0.3, -0.25) is 4.90 Å². The Morgan fingerprint density at radius 2 is 2.22 bits per heavy atom. The maximum absolute atomic E-state index is 5.75. The van der Waals surface area contributed by atoms with Crippen LogP contribution >= 0.6 is 0 Å². The molecule has 2 atom stereocenters. The number of benzene rings is 1. The highest BCUT2D eigenvalue weighted by atomic mass is 16.7. The van der Waals surface area contributed by atoms with E-state index in [9.17, 15) is 0 Å². The first-order valence-corrected chi connectivity index (χ1v) is 6.61. The highest BCUT2D eigenvalue weighted by Gasteiger charge is 2.26. The summed E-state index contributed by atoms with van der Waals surface area (Å²) >= 11 is 0. The van der Waals surface area contributed by atoms with Crippen molar-refractivity contribution in [3.63, 3.8) is 0 Å². The third-order valence-corrected chi connectivity index (χ3v) is 4.08. The van der Waals surface area contributed by atoms with Gasteiger partial charge < -0.3 is 15.2 Å². The van der Waals surface area contributed by atoms with Gasteiger partial charge >= 0.3 is 0 Å². The Hall–Kier alpha value is -1.26. The molecule has 2 heterocycles. The van der Waals surface area contributed by atoms with Gasteiger partial charge in [0.25, 0.3) is 0 Å². The second-order valence-corrected chi connectivity index (χ2v) is 5.17. The molecular weight excluding hydrogens is 228 g/mol. The predicted octanol–water partition coefficient (Wildman–Crippen LogP) is 1.76. The molecule has 1 fully saturated rings. The first kappa shape index (κ1) is 11.8. The minimum Gasteiger partial charge on any atom is -0.454 e. The van der Waals surface area contributed by atoms with Crippen LogP contribution < -0.4 is 15.2 Å². The maximum Gasteiger partial charge on any atom is 0.231 e. The van der Waals surface area contributed by atoms with Crippen molar-refractivity contribution in [3.8, 4) is 11.5 Å². The molecule has 2 N–H and O–H groups in total. The van der Waals surface area contributed by atoms with E-state index in [0.29, 0.717) is 18.8 Å². The van der Waals surface area contributed by atoms with Gasteiger partial charge in [0.1, 0.15) is 0 Å². The Labute approximate surface area is 108 Å². The number of ether oxygens (including phenoxy) is 2. The quantitative estimate of drug-likeness (QED) is 0.885. The van der Waals surface area contributed by atoms with Crippen molar-refractivity contribution in [3.05, 3.63) is 23.8 Å². The van der Waals surface area contributed by atoms with Crippen LogP contribution in [0, 0.1) is 5.92 Å². The molecular formula is C14H20N2O2. The minimum atomic E-state index is 0.339. The summed E-state index contributed by atoms with van der Waals surface area (Å²) in [6.07, 6.45) is 1.21. The Balaban J connectivity index is 1.74. The molecule has 0 amide bonds. The van der Waals surface area contributed by atoms with Crippen LogP contribution in [0.3, 0.4) is 0 Å². The van der Waals surface area contributed by atoms with E-state index >= 15 is 0 Å². The fourth-order valence-corrected chi connectivity index (χ4v) is 2.79. The number of fused-ring (bicyclic) bond motifs is 1. The van der Waals surface area contributed by atoms with Crippen molar-refractivity contribution in [1.82, 2.24) is 4.90 Å². The molecule has 0 aliphatic carbocycles. The molecule has 4 nitrogen and oxygen atoms in total. The average Bonchev–Trinajstić information content (AvgIpc) is 3.05. The average molecular weight is 248 g/mol. The van der Waals surface area contributed by atoms with Crippen molar-refractivity contribution in [2.24, 2.45) is 11.7 Å². The van der Waals surface area contributed by atoms with Crippen LogP contribution in [0.1, 0.15) is 24.9 Å². The zero-order valence-corrected chi connectivity index (χ0v) is 10.8. The minimum absolute atomic E-state index is 0.339. The van der Waals surface area contributed by atoms with Gasteiger partial charge in [-0.2, -0.15) is 0 Å². The van der Waals surface area contributed by atoms with Crippen molar-refractivity contribution in [2.75, 3.05) is 26.4 Å². The molecule has 3 rings (SSSR count). The summed E-state index contributed by atoms with van der Waals surface area (Å²) in [5.74, 6) is 2.38. The van der Waals surface area contributed by atoms with Crippen LogP contribution in [0.2, 0.25) is 0 Å². The van der Waals surface area contributed by atoms with E-state index in [-0.39, 0.29) is 0 Å². The van der Waals surface area contributed by atoms with Gasteiger partial charge in [0.15, 0.2) is 11.5 Å². The molecule has 0 aromatic heterocycles. The molecule has 0 radical (unpaired) electrons. The predicted molar refractivity (Wildman–Crippen MR) is 69.7 cm³/mol. The summed E-state index contributed by atoms with van der Waals surface area (Å²) in [6.45, 7) is 5.62. The van der Waals surface area contributed by atoms with Crippen molar-refractivity contribution in [1.29, 1.82) is 0 Å². The summed E-state index contributed by atoms with van der Waals surface area (Å²) in [5.41, 5.74) is 7.03. The molecule has 0 saturated carbocycles. The van der Waals surface area contributed by atoms with Gasteiger partial charge in [0.2, 0.25) is 6.79 Å². The highest BCUT2D eigenvalue weighted by molar-refractivity contribution is 5.45. The molecule has 2 aliphatic rings. The number of nitrogens with two attached hydrogens (primary N) is 1. The summed E-state index contributed by atoms with van der Waals surface area (Å²) in [6, 6.07) is 6.65. The molecule has 1 aromatic carbocycles. The van der Waals surface area contributed by atoms with Crippen molar-refractivity contribution in [2.45, 2.75) is 19.4 Å². The Morgan fingerprint density at radius 3 is 3.00 bits per heavy atom. The molecule has 98 valence electrons. The third-order valence-electron chi connectivity index (χ3n) is 4.08. The fourth-order valence-electron chi connectivity index (χ4n) is 2.79. The molecule has 2 aliphatic heterocycles. The topological polar surface area (TPSA) is 47.7 Å². The van der Waals surface area contributed by atoms with E-state index in [2.05, 4.69) is 24.0 Å². The van der Waals surface area contributed by atoms with Gasteiger partial charge in [-0.05, 0) is 50.0 Å². The largest absolute Gasteiger partial charge is 0.454 e. The lowest BCUT2D eigenvalue weighted by Gasteiger charge is -2.24. The van der Waals surface area contributed by atoms with Gasteiger partial charge in [0, 0.05) is 12.6 Å². The van der Waals surface area contributed by atoms with Gasteiger partial charge in [-0.1, -0.05) is 6.07 Å².